The Kier molecular flexibility index (Phi) is 3.56. The highest BCUT2D eigenvalue weighted by molar-refractivity contribution is 5.87. The van der Waals surface area contributed by atoms with Gasteiger partial charge < -0.3 is 5.11 Å². The van der Waals surface area contributed by atoms with Crippen LogP contribution in [0.2, 0.25) is 0 Å². The minimum atomic E-state index is -0.850. The Morgan fingerprint density at radius 1 is 1.16 bits per heavy atom. The van der Waals surface area contributed by atoms with Crippen molar-refractivity contribution >= 4 is 5.97 Å². The van der Waals surface area contributed by atoms with Crippen LogP contribution in [-0.4, -0.2) is 29.1 Å². The molecule has 0 amide bonds. The molecule has 1 atom stereocenters. The summed E-state index contributed by atoms with van der Waals surface area (Å²) in [5, 5.41) is 8.87. The van der Waals surface area contributed by atoms with Crippen LogP contribution in [0.3, 0.4) is 0 Å². The van der Waals surface area contributed by atoms with Gasteiger partial charge in [0.25, 0.3) is 0 Å². The zero-order valence-electron chi connectivity index (χ0n) is 11.2. The molecule has 3 heteroatoms. The molecule has 1 heterocycles. The van der Waals surface area contributed by atoms with Crippen molar-refractivity contribution in [2.45, 2.75) is 32.2 Å². The summed E-state index contributed by atoms with van der Waals surface area (Å²) in [5.74, 6) is 1.07. The lowest BCUT2D eigenvalue weighted by molar-refractivity contribution is 0.0697. The number of carboxylic acids is 1. The second-order valence-electron chi connectivity index (χ2n) is 6.07. The molecule has 1 aromatic rings. The van der Waals surface area contributed by atoms with Crippen LogP contribution in [0.1, 0.15) is 41.6 Å². The number of carboxylic acid groups (broad SMARTS) is 1. The molecule has 0 bridgehead atoms. The first-order valence-corrected chi connectivity index (χ1v) is 7.25. The largest absolute Gasteiger partial charge is 0.478 e. The van der Waals surface area contributed by atoms with Gasteiger partial charge in [-0.05, 0) is 48.9 Å². The predicted octanol–water partition coefficient (Wildman–Crippen LogP) is 3.01. The van der Waals surface area contributed by atoms with Gasteiger partial charge in [-0.3, -0.25) is 4.90 Å². The number of hydrogen-bond acceptors (Lipinski definition) is 2. The minimum Gasteiger partial charge on any atom is -0.478 e. The van der Waals surface area contributed by atoms with Gasteiger partial charge in [0.05, 0.1) is 5.56 Å². The fourth-order valence-electron chi connectivity index (χ4n) is 3.08. The third kappa shape index (κ3) is 3.35. The molecule has 3 nitrogen and oxygen atoms in total. The Morgan fingerprint density at radius 3 is 2.53 bits per heavy atom. The Balaban J connectivity index is 1.52. The first-order valence-electron chi connectivity index (χ1n) is 7.25. The fraction of sp³-hybridized carbons (Fsp3) is 0.562. The standard InChI is InChI=1S/C16H21NO2/c18-16(19)15-5-3-13(4-6-15)10-17-8-7-14(11-17)9-12-1-2-12/h3-6,12,14H,1-2,7-11H2,(H,18,19). The van der Waals surface area contributed by atoms with Crippen molar-refractivity contribution in [3.8, 4) is 0 Å². The van der Waals surface area contributed by atoms with Crippen molar-refractivity contribution < 1.29 is 9.90 Å². The monoisotopic (exact) mass is 259 g/mol. The number of aromatic carboxylic acids is 1. The Morgan fingerprint density at radius 2 is 1.89 bits per heavy atom. The molecule has 102 valence electrons. The maximum atomic E-state index is 10.8. The molecular formula is C16H21NO2. The van der Waals surface area contributed by atoms with Gasteiger partial charge in [-0.25, -0.2) is 4.79 Å². The number of hydrogen-bond donors (Lipinski definition) is 1. The second-order valence-corrected chi connectivity index (χ2v) is 6.07. The Hall–Kier alpha value is -1.35. The van der Waals surface area contributed by atoms with E-state index in [2.05, 4.69) is 4.90 Å². The molecular weight excluding hydrogens is 238 g/mol. The van der Waals surface area contributed by atoms with Crippen LogP contribution >= 0.6 is 0 Å². The maximum absolute atomic E-state index is 10.8. The number of likely N-dealkylation sites (tertiary alicyclic amines) is 1. The molecule has 3 rings (SSSR count). The summed E-state index contributed by atoms with van der Waals surface area (Å²) in [6, 6.07) is 7.29. The minimum absolute atomic E-state index is 0.372. The van der Waals surface area contributed by atoms with Crippen LogP contribution in [0.4, 0.5) is 0 Å². The van der Waals surface area contributed by atoms with Crippen molar-refractivity contribution in [1.29, 1.82) is 0 Å². The molecule has 1 unspecified atom stereocenters. The molecule has 19 heavy (non-hydrogen) atoms. The van der Waals surface area contributed by atoms with E-state index in [-0.39, 0.29) is 0 Å². The molecule has 0 aromatic heterocycles. The molecule has 1 aliphatic carbocycles. The van der Waals surface area contributed by atoms with E-state index in [1.807, 2.05) is 12.1 Å². The maximum Gasteiger partial charge on any atom is 0.335 e. The average molecular weight is 259 g/mol. The molecule has 0 radical (unpaired) electrons. The van der Waals surface area contributed by atoms with Crippen molar-refractivity contribution in [2.75, 3.05) is 13.1 Å². The highest BCUT2D eigenvalue weighted by atomic mass is 16.4. The topological polar surface area (TPSA) is 40.5 Å². The van der Waals surface area contributed by atoms with E-state index in [1.54, 1.807) is 12.1 Å². The smallest absolute Gasteiger partial charge is 0.335 e. The van der Waals surface area contributed by atoms with Gasteiger partial charge in [0.1, 0.15) is 0 Å². The molecule has 2 fully saturated rings. The number of nitrogens with zero attached hydrogens (tertiary/aromatic N) is 1. The first-order chi connectivity index (χ1) is 9.20. The lowest BCUT2D eigenvalue weighted by atomic mass is 10.0. The molecule has 1 N–H and O–H groups in total. The van der Waals surface area contributed by atoms with Crippen molar-refractivity contribution in [2.24, 2.45) is 11.8 Å². The van der Waals surface area contributed by atoms with E-state index in [1.165, 1.54) is 44.3 Å². The number of rotatable bonds is 5. The van der Waals surface area contributed by atoms with E-state index < -0.39 is 5.97 Å². The van der Waals surface area contributed by atoms with E-state index in [0.29, 0.717) is 5.56 Å². The summed E-state index contributed by atoms with van der Waals surface area (Å²) in [6.07, 6.45) is 5.67. The van der Waals surface area contributed by atoms with Crippen LogP contribution in [0.5, 0.6) is 0 Å². The lowest BCUT2D eigenvalue weighted by Gasteiger charge is -2.16. The molecule has 1 aromatic carbocycles. The summed E-state index contributed by atoms with van der Waals surface area (Å²) in [7, 11) is 0. The van der Waals surface area contributed by atoms with E-state index in [9.17, 15) is 4.79 Å². The molecule has 2 aliphatic rings. The second kappa shape index (κ2) is 5.33. The summed E-state index contributed by atoms with van der Waals surface area (Å²) in [6.45, 7) is 3.37. The zero-order chi connectivity index (χ0) is 13.2. The van der Waals surface area contributed by atoms with Gasteiger partial charge in [-0.15, -0.1) is 0 Å². The quantitative estimate of drug-likeness (QED) is 0.883. The molecule has 1 aliphatic heterocycles. The van der Waals surface area contributed by atoms with Crippen molar-refractivity contribution in [1.82, 2.24) is 4.90 Å². The van der Waals surface area contributed by atoms with Crippen LogP contribution in [-0.2, 0) is 6.54 Å². The van der Waals surface area contributed by atoms with E-state index in [0.717, 1.165) is 18.4 Å². The van der Waals surface area contributed by atoms with Crippen molar-refractivity contribution in [3.05, 3.63) is 35.4 Å². The van der Waals surface area contributed by atoms with Crippen molar-refractivity contribution in [3.63, 3.8) is 0 Å². The Labute approximate surface area is 114 Å². The van der Waals surface area contributed by atoms with Crippen LogP contribution in [0.25, 0.3) is 0 Å². The van der Waals surface area contributed by atoms with Crippen LogP contribution < -0.4 is 0 Å². The summed E-state index contributed by atoms with van der Waals surface area (Å²) in [5.41, 5.74) is 1.59. The van der Waals surface area contributed by atoms with Gasteiger partial charge >= 0.3 is 5.97 Å². The van der Waals surface area contributed by atoms with Crippen LogP contribution in [0.15, 0.2) is 24.3 Å². The number of benzene rings is 1. The van der Waals surface area contributed by atoms with Gasteiger partial charge in [-0.1, -0.05) is 25.0 Å². The number of carbonyl (C=O) groups is 1. The normalized spacial score (nSPS) is 23.7. The average Bonchev–Trinajstić information content (AvgIpc) is 3.10. The molecule has 0 spiro atoms. The van der Waals surface area contributed by atoms with E-state index >= 15 is 0 Å². The highest BCUT2D eigenvalue weighted by Gasteiger charge is 2.29. The van der Waals surface area contributed by atoms with E-state index in [4.69, 9.17) is 5.11 Å². The molecule has 1 saturated carbocycles. The fourth-order valence-corrected chi connectivity index (χ4v) is 3.08. The third-order valence-corrected chi connectivity index (χ3v) is 4.34. The van der Waals surface area contributed by atoms with Gasteiger partial charge in [0.15, 0.2) is 0 Å². The third-order valence-electron chi connectivity index (χ3n) is 4.34. The lowest BCUT2D eigenvalue weighted by Crippen LogP contribution is -2.20. The summed E-state index contributed by atoms with van der Waals surface area (Å²) < 4.78 is 0. The van der Waals surface area contributed by atoms with Gasteiger partial charge in [-0.2, -0.15) is 0 Å². The highest BCUT2D eigenvalue weighted by Crippen LogP contribution is 2.38. The predicted molar refractivity (Wildman–Crippen MR) is 74.1 cm³/mol. The Bertz CT molecular complexity index is 450. The zero-order valence-corrected chi connectivity index (χ0v) is 11.2. The van der Waals surface area contributed by atoms with Gasteiger partial charge in [0, 0.05) is 13.1 Å². The summed E-state index contributed by atoms with van der Waals surface area (Å²) >= 11 is 0. The van der Waals surface area contributed by atoms with Crippen LogP contribution in [0, 0.1) is 11.8 Å². The molecule has 1 saturated heterocycles. The first kappa shape index (κ1) is 12.7. The summed E-state index contributed by atoms with van der Waals surface area (Å²) in [4.78, 5) is 13.3. The SMILES string of the molecule is O=C(O)c1ccc(CN2CCC(CC3CC3)C2)cc1. The van der Waals surface area contributed by atoms with Gasteiger partial charge in [0.2, 0.25) is 0 Å².